The third kappa shape index (κ3) is 2.67. The molecule has 2 aromatic rings. The second-order valence-corrected chi connectivity index (χ2v) is 6.38. The zero-order chi connectivity index (χ0) is 15.8. The number of urea groups is 1. The highest BCUT2D eigenvalue weighted by molar-refractivity contribution is 5.77. The van der Waals surface area contributed by atoms with Gasteiger partial charge in [0.2, 0.25) is 0 Å². The monoisotopic (exact) mass is 314 g/mol. The zero-order valence-corrected chi connectivity index (χ0v) is 13.4. The van der Waals surface area contributed by atoms with Gasteiger partial charge >= 0.3 is 6.03 Å². The van der Waals surface area contributed by atoms with Crippen LogP contribution in [0.15, 0.2) is 18.2 Å². The summed E-state index contributed by atoms with van der Waals surface area (Å²) in [6.45, 7) is 5.51. The predicted octanol–water partition coefficient (Wildman–Crippen LogP) is 2.46. The molecule has 6 heteroatoms. The first-order valence-corrected chi connectivity index (χ1v) is 8.32. The van der Waals surface area contributed by atoms with Gasteiger partial charge in [0, 0.05) is 19.6 Å². The first kappa shape index (κ1) is 14.5. The molecule has 2 amide bonds. The molecule has 1 aromatic carbocycles. The fourth-order valence-corrected chi connectivity index (χ4v) is 3.52. The molecule has 2 saturated heterocycles. The van der Waals surface area contributed by atoms with Crippen molar-refractivity contribution in [1.82, 2.24) is 19.8 Å². The molecule has 2 fully saturated rings. The Hall–Kier alpha value is -2.08. The Morgan fingerprint density at radius 2 is 2.13 bits per heavy atom. The molecule has 4 rings (SSSR count). The van der Waals surface area contributed by atoms with E-state index in [9.17, 15) is 4.79 Å². The van der Waals surface area contributed by atoms with Gasteiger partial charge in [-0.3, -0.25) is 0 Å². The summed E-state index contributed by atoms with van der Waals surface area (Å²) in [5.74, 6) is 0.907. The van der Waals surface area contributed by atoms with E-state index in [2.05, 4.69) is 24.0 Å². The van der Waals surface area contributed by atoms with Gasteiger partial charge in [0.15, 0.2) is 0 Å². The lowest BCUT2D eigenvalue weighted by molar-refractivity contribution is 0.0419. The number of imidazole rings is 1. The van der Waals surface area contributed by atoms with E-state index in [1.165, 1.54) is 5.56 Å². The van der Waals surface area contributed by atoms with Gasteiger partial charge in [-0.05, 0) is 37.5 Å². The molecule has 6 nitrogen and oxygen atoms in total. The smallest absolute Gasteiger partial charge is 0.320 e. The van der Waals surface area contributed by atoms with Crippen LogP contribution in [0.2, 0.25) is 0 Å². The van der Waals surface area contributed by atoms with E-state index in [0.29, 0.717) is 26.3 Å². The predicted molar refractivity (Wildman–Crippen MR) is 87.3 cm³/mol. The zero-order valence-electron chi connectivity index (χ0n) is 13.4. The number of ether oxygens (including phenoxy) is 1. The lowest BCUT2D eigenvalue weighted by Gasteiger charge is -2.33. The van der Waals surface area contributed by atoms with Gasteiger partial charge in [-0.15, -0.1) is 0 Å². The molecule has 3 heterocycles. The molecule has 1 N–H and O–H groups in total. The van der Waals surface area contributed by atoms with Crippen LogP contribution in [0.1, 0.15) is 30.3 Å². The Labute approximate surface area is 135 Å². The van der Waals surface area contributed by atoms with Crippen LogP contribution in [0.4, 0.5) is 4.79 Å². The van der Waals surface area contributed by atoms with Gasteiger partial charge in [0.1, 0.15) is 5.82 Å². The molecule has 2 aliphatic heterocycles. The van der Waals surface area contributed by atoms with Gasteiger partial charge in [-0.25, -0.2) is 9.78 Å². The van der Waals surface area contributed by atoms with Crippen molar-refractivity contribution in [2.75, 3.05) is 32.8 Å². The van der Waals surface area contributed by atoms with E-state index in [-0.39, 0.29) is 12.1 Å². The van der Waals surface area contributed by atoms with Crippen LogP contribution in [0.3, 0.4) is 0 Å². The maximum atomic E-state index is 12.8. The molecular weight excluding hydrogens is 292 g/mol. The number of likely N-dealkylation sites (tertiary alicyclic amines) is 1. The summed E-state index contributed by atoms with van der Waals surface area (Å²) < 4.78 is 5.34. The minimum atomic E-state index is 0.0538. The molecule has 0 radical (unpaired) electrons. The topological polar surface area (TPSA) is 61.5 Å². The first-order valence-electron chi connectivity index (χ1n) is 8.32. The number of amides is 2. The van der Waals surface area contributed by atoms with Gasteiger partial charge in [0.25, 0.3) is 0 Å². The van der Waals surface area contributed by atoms with Crippen molar-refractivity contribution in [3.05, 3.63) is 29.6 Å². The highest BCUT2D eigenvalue weighted by Gasteiger charge is 2.35. The lowest BCUT2D eigenvalue weighted by Crippen LogP contribution is -2.48. The Bertz CT molecular complexity index is 720. The molecule has 0 saturated carbocycles. The molecule has 1 atom stereocenters. The summed E-state index contributed by atoms with van der Waals surface area (Å²) in [7, 11) is 0. The van der Waals surface area contributed by atoms with Gasteiger partial charge < -0.3 is 19.5 Å². The third-order valence-corrected chi connectivity index (χ3v) is 4.75. The Kier molecular flexibility index (Phi) is 3.69. The molecule has 122 valence electrons. The Balaban J connectivity index is 1.59. The van der Waals surface area contributed by atoms with Crippen molar-refractivity contribution in [3.8, 4) is 0 Å². The average molecular weight is 314 g/mol. The van der Waals surface area contributed by atoms with Gasteiger partial charge in [-0.1, -0.05) is 6.07 Å². The van der Waals surface area contributed by atoms with Crippen molar-refractivity contribution in [1.29, 1.82) is 0 Å². The van der Waals surface area contributed by atoms with Crippen LogP contribution < -0.4 is 0 Å². The number of carbonyl (C=O) groups is 1. The minimum Gasteiger partial charge on any atom is -0.378 e. The van der Waals surface area contributed by atoms with Gasteiger partial charge in [-0.2, -0.15) is 0 Å². The Morgan fingerprint density at radius 3 is 2.96 bits per heavy atom. The Morgan fingerprint density at radius 1 is 1.30 bits per heavy atom. The van der Waals surface area contributed by atoms with Crippen LogP contribution >= 0.6 is 0 Å². The standard InChI is InChI=1S/C17H22N4O2/c1-12-4-5-13-14(11-12)19-16(18-13)15-3-2-6-21(15)17(22)20-7-9-23-10-8-20/h4-5,11,15H,2-3,6-10H2,1H3,(H,18,19)/t15-/m0/s1. The lowest BCUT2D eigenvalue weighted by atomic mass is 10.2. The number of aryl methyl sites for hydroxylation is 1. The molecular formula is C17H22N4O2. The normalized spacial score (nSPS) is 22.0. The fourth-order valence-electron chi connectivity index (χ4n) is 3.52. The number of aromatic nitrogens is 2. The van der Waals surface area contributed by atoms with Crippen LogP contribution in [0.25, 0.3) is 11.0 Å². The largest absolute Gasteiger partial charge is 0.378 e. The molecule has 1 aromatic heterocycles. The molecule has 0 aliphatic carbocycles. The quantitative estimate of drug-likeness (QED) is 0.879. The highest BCUT2D eigenvalue weighted by Crippen LogP contribution is 2.32. The van der Waals surface area contributed by atoms with Crippen LogP contribution in [0, 0.1) is 6.92 Å². The third-order valence-electron chi connectivity index (χ3n) is 4.75. The second kappa shape index (κ2) is 5.85. The van der Waals surface area contributed by atoms with Crippen molar-refractivity contribution in [2.45, 2.75) is 25.8 Å². The van der Waals surface area contributed by atoms with E-state index in [0.717, 1.165) is 36.2 Å². The van der Waals surface area contributed by atoms with Crippen LogP contribution in [0.5, 0.6) is 0 Å². The number of hydrogen-bond donors (Lipinski definition) is 1. The number of nitrogens with zero attached hydrogens (tertiary/aromatic N) is 3. The number of carbonyl (C=O) groups excluding carboxylic acids is 1. The van der Waals surface area contributed by atoms with Crippen LogP contribution in [-0.4, -0.2) is 58.6 Å². The van der Waals surface area contributed by atoms with Crippen molar-refractivity contribution in [3.63, 3.8) is 0 Å². The summed E-state index contributed by atoms with van der Waals surface area (Å²) >= 11 is 0. The number of aromatic amines is 1. The van der Waals surface area contributed by atoms with Crippen molar-refractivity contribution < 1.29 is 9.53 Å². The number of hydrogen-bond acceptors (Lipinski definition) is 3. The average Bonchev–Trinajstić information content (AvgIpc) is 3.20. The molecule has 2 aliphatic rings. The molecule has 0 spiro atoms. The SMILES string of the molecule is Cc1ccc2nc([C@@H]3CCCN3C(=O)N3CCOCC3)[nH]c2c1. The molecule has 0 bridgehead atoms. The van der Waals surface area contributed by atoms with E-state index in [1.807, 2.05) is 15.9 Å². The van der Waals surface area contributed by atoms with Crippen LogP contribution in [-0.2, 0) is 4.74 Å². The summed E-state index contributed by atoms with van der Waals surface area (Å²) in [6, 6.07) is 6.38. The minimum absolute atomic E-state index is 0.0538. The van der Waals surface area contributed by atoms with Crippen molar-refractivity contribution >= 4 is 17.1 Å². The van der Waals surface area contributed by atoms with E-state index in [1.54, 1.807) is 0 Å². The number of benzene rings is 1. The van der Waals surface area contributed by atoms with E-state index < -0.39 is 0 Å². The maximum Gasteiger partial charge on any atom is 0.320 e. The molecule has 0 unspecified atom stereocenters. The molecule has 23 heavy (non-hydrogen) atoms. The summed E-state index contributed by atoms with van der Waals surface area (Å²) in [4.78, 5) is 24.8. The summed E-state index contributed by atoms with van der Waals surface area (Å²) in [5, 5.41) is 0. The second-order valence-electron chi connectivity index (χ2n) is 6.38. The van der Waals surface area contributed by atoms with Gasteiger partial charge in [0.05, 0.1) is 30.3 Å². The van der Waals surface area contributed by atoms with E-state index in [4.69, 9.17) is 9.72 Å². The fraction of sp³-hybridized carbons (Fsp3) is 0.529. The number of morpholine rings is 1. The first-order chi connectivity index (χ1) is 11.2. The number of fused-ring (bicyclic) bond motifs is 1. The summed E-state index contributed by atoms with van der Waals surface area (Å²) in [6.07, 6.45) is 1.99. The number of nitrogens with one attached hydrogen (secondary N) is 1. The summed E-state index contributed by atoms with van der Waals surface area (Å²) in [5.41, 5.74) is 3.22. The van der Waals surface area contributed by atoms with E-state index >= 15 is 0 Å². The number of H-pyrrole nitrogens is 1. The van der Waals surface area contributed by atoms with Crippen molar-refractivity contribution in [2.24, 2.45) is 0 Å². The maximum absolute atomic E-state index is 12.8. The highest BCUT2D eigenvalue weighted by atomic mass is 16.5. The number of rotatable bonds is 1.